The highest BCUT2D eigenvalue weighted by molar-refractivity contribution is 9.10. The Bertz CT molecular complexity index is 598. The van der Waals surface area contributed by atoms with Gasteiger partial charge in [-0.3, -0.25) is 0 Å². The Morgan fingerprint density at radius 3 is 2.90 bits per heavy atom. The number of anilines is 1. The van der Waals surface area contributed by atoms with Crippen LogP contribution in [0.25, 0.3) is 0 Å². The number of imidazole rings is 1. The average Bonchev–Trinajstić information content (AvgIpc) is 2.93. The summed E-state index contributed by atoms with van der Waals surface area (Å²) < 4.78 is 7.68. The van der Waals surface area contributed by atoms with Crippen LogP contribution in [0.4, 0.5) is 5.69 Å². The Morgan fingerprint density at radius 2 is 2.25 bits per heavy atom. The number of carbonyl (C=O) groups excluding carboxylic acids is 1. The Morgan fingerprint density at radius 1 is 1.50 bits per heavy atom. The number of aryl methyl sites for hydroxylation is 1. The summed E-state index contributed by atoms with van der Waals surface area (Å²) in [5.74, 6) is -0.351. The molecule has 5 nitrogen and oxygen atoms in total. The van der Waals surface area contributed by atoms with Crippen molar-refractivity contribution in [1.82, 2.24) is 9.55 Å². The average molecular weight is 338 g/mol. The molecule has 0 bridgehead atoms. The van der Waals surface area contributed by atoms with Crippen molar-refractivity contribution in [3.8, 4) is 0 Å². The van der Waals surface area contributed by atoms with Crippen LogP contribution in [0.1, 0.15) is 18.7 Å². The van der Waals surface area contributed by atoms with E-state index in [0.717, 1.165) is 22.4 Å². The quantitative estimate of drug-likeness (QED) is 0.852. The standard InChI is InChI=1S/C14H16BrN3O2/c1-3-18-9-16-8-12(18)13(14(19)20-2)17-11-7-5-4-6-10(11)15/h4-9,13,17H,3H2,1-2H3. The number of para-hydroxylation sites is 1. The zero-order valence-corrected chi connectivity index (χ0v) is 12.9. The highest BCUT2D eigenvalue weighted by atomic mass is 79.9. The Balaban J connectivity index is 2.34. The first-order valence-electron chi connectivity index (χ1n) is 6.26. The molecule has 0 radical (unpaired) electrons. The number of rotatable bonds is 5. The first-order valence-corrected chi connectivity index (χ1v) is 7.05. The van der Waals surface area contributed by atoms with Gasteiger partial charge < -0.3 is 14.6 Å². The number of benzene rings is 1. The van der Waals surface area contributed by atoms with Crippen molar-refractivity contribution in [2.24, 2.45) is 0 Å². The van der Waals surface area contributed by atoms with Gasteiger partial charge in [0.25, 0.3) is 0 Å². The maximum atomic E-state index is 12.1. The van der Waals surface area contributed by atoms with E-state index in [1.807, 2.05) is 35.8 Å². The predicted octanol–water partition coefficient (Wildman–Crippen LogP) is 2.99. The molecule has 0 aliphatic rings. The Hall–Kier alpha value is -1.82. The highest BCUT2D eigenvalue weighted by Gasteiger charge is 2.25. The number of aromatic nitrogens is 2. The van der Waals surface area contributed by atoms with Crippen LogP contribution in [0.15, 0.2) is 41.3 Å². The molecular weight excluding hydrogens is 322 g/mol. The molecule has 6 heteroatoms. The minimum Gasteiger partial charge on any atom is -0.467 e. The highest BCUT2D eigenvalue weighted by Crippen LogP contribution is 2.27. The molecule has 1 atom stereocenters. The zero-order valence-electron chi connectivity index (χ0n) is 11.3. The molecule has 2 rings (SSSR count). The molecular formula is C14H16BrN3O2. The molecule has 1 aromatic heterocycles. The van der Waals surface area contributed by atoms with E-state index >= 15 is 0 Å². The third kappa shape index (κ3) is 3.01. The van der Waals surface area contributed by atoms with Gasteiger partial charge in [-0.1, -0.05) is 12.1 Å². The van der Waals surface area contributed by atoms with Gasteiger partial charge in [0.05, 0.1) is 25.3 Å². The molecule has 0 spiro atoms. The molecule has 0 amide bonds. The molecule has 0 aliphatic heterocycles. The molecule has 0 saturated carbocycles. The van der Waals surface area contributed by atoms with E-state index in [9.17, 15) is 4.79 Å². The molecule has 20 heavy (non-hydrogen) atoms. The first-order chi connectivity index (χ1) is 9.67. The van der Waals surface area contributed by atoms with Crippen molar-refractivity contribution in [3.05, 3.63) is 47.0 Å². The van der Waals surface area contributed by atoms with Gasteiger partial charge in [0.1, 0.15) is 0 Å². The van der Waals surface area contributed by atoms with E-state index in [4.69, 9.17) is 4.74 Å². The number of hydrogen-bond donors (Lipinski definition) is 1. The number of nitrogens with zero attached hydrogens (tertiary/aromatic N) is 2. The Kier molecular flexibility index (Phi) is 4.79. The van der Waals surface area contributed by atoms with Crippen molar-refractivity contribution in [1.29, 1.82) is 0 Å². The third-order valence-electron chi connectivity index (χ3n) is 2.99. The van der Waals surface area contributed by atoms with Crippen LogP contribution < -0.4 is 5.32 Å². The van der Waals surface area contributed by atoms with Crippen molar-refractivity contribution in [2.75, 3.05) is 12.4 Å². The van der Waals surface area contributed by atoms with Crippen molar-refractivity contribution < 1.29 is 9.53 Å². The van der Waals surface area contributed by atoms with Gasteiger partial charge in [-0.25, -0.2) is 9.78 Å². The second kappa shape index (κ2) is 6.56. The summed E-state index contributed by atoms with van der Waals surface area (Å²) in [5.41, 5.74) is 1.60. The number of ether oxygens (including phenoxy) is 1. The van der Waals surface area contributed by atoms with E-state index in [1.165, 1.54) is 7.11 Å². The SMILES string of the molecule is CCn1cncc1C(Nc1ccccc1Br)C(=O)OC. The van der Waals surface area contributed by atoms with Crippen LogP contribution in [0.5, 0.6) is 0 Å². The fourth-order valence-electron chi connectivity index (χ4n) is 1.94. The molecule has 0 aliphatic carbocycles. The topological polar surface area (TPSA) is 56.2 Å². The summed E-state index contributed by atoms with van der Waals surface area (Å²) in [7, 11) is 1.38. The van der Waals surface area contributed by atoms with Gasteiger partial charge in [-0.05, 0) is 35.0 Å². The van der Waals surface area contributed by atoms with Crippen LogP contribution >= 0.6 is 15.9 Å². The van der Waals surface area contributed by atoms with Gasteiger partial charge >= 0.3 is 5.97 Å². The van der Waals surface area contributed by atoms with Crippen LogP contribution in [0, 0.1) is 0 Å². The van der Waals surface area contributed by atoms with Gasteiger partial charge in [-0.2, -0.15) is 0 Å². The molecule has 2 aromatic rings. The summed E-state index contributed by atoms with van der Waals surface area (Å²) in [4.78, 5) is 16.2. The minimum atomic E-state index is -0.596. The lowest BCUT2D eigenvalue weighted by atomic mass is 10.2. The van der Waals surface area contributed by atoms with E-state index in [1.54, 1.807) is 12.5 Å². The monoisotopic (exact) mass is 337 g/mol. The number of halogens is 1. The van der Waals surface area contributed by atoms with E-state index in [-0.39, 0.29) is 5.97 Å². The summed E-state index contributed by atoms with van der Waals surface area (Å²) >= 11 is 3.46. The smallest absolute Gasteiger partial charge is 0.334 e. The second-order valence-corrected chi connectivity index (χ2v) is 5.04. The van der Waals surface area contributed by atoms with E-state index in [0.29, 0.717) is 0 Å². The lowest BCUT2D eigenvalue weighted by Gasteiger charge is -2.19. The normalized spacial score (nSPS) is 11.9. The molecule has 1 aromatic carbocycles. The molecule has 0 saturated heterocycles. The number of hydrogen-bond acceptors (Lipinski definition) is 4. The fourth-order valence-corrected chi connectivity index (χ4v) is 2.34. The van der Waals surface area contributed by atoms with Crippen molar-refractivity contribution >= 4 is 27.6 Å². The number of methoxy groups -OCH3 is 1. The lowest BCUT2D eigenvalue weighted by molar-refractivity contribution is -0.141. The molecule has 1 unspecified atom stereocenters. The van der Waals surface area contributed by atoms with Gasteiger partial charge in [0.2, 0.25) is 0 Å². The fraction of sp³-hybridized carbons (Fsp3) is 0.286. The van der Waals surface area contributed by atoms with Gasteiger partial charge in [-0.15, -0.1) is 0 Å². The summed E-state index contributed by atoms with van der Waals surface area (Å²) in [6.07, 6.45) is 3.38. The van der Waals surface area contributed by atoms with Crippen molar-refractivity contribution in [3.63, 3.8) is 0 Å². The van der Waals surface area contributed by atoms with Gasteiger partial charge in [0.15, 0.2) is 6.04 Å². The largest absolute Gasteiger partial charge is 0.467 e. The van der Waals surface area contributed by atoms with Crippen LogP contribution in [-0.2, 0) is 16.1 Å². The maximum absolute atomic E-state index is 12.1. The van der Waals surface area contributed by atoms with Crippen molar-refractivity contribution in [2.45, 2.75) is 19.5 Å². The van der Waals surface area contributed by atoms with Crippen LogP contribution in [0.3, 0.4) is 0 Å². The minimum absolute atomic E-state index is 0.351. The van der Waals surface area contributed by atoms with E-state index in [2.05, 4.69) is 26.2 Å². The summed E-state index contributed by atoms with van der Waals surface area (Å²) in [6, 6.07) is 7.03. The summed E-state index contributed by atoms with van der Waals surface area (Å²) in [6.45, 7) is 2.73. The third-order valence-corrected chi connectivity index (χ3v) is 3.68. The predicted molar refractivity (Wildman–Crippen MR) is 80.4 cm³/mol. The number of carbonyl (C=O) groups is 1. The van der Waals surface area contributed by atoms with Crippen LogP contribution in [-0.4, -0.2) is 22.6 Å². The van der Waals surface area contributed by atoms with E-state index < -0.39 is 6.04 Å². The molecule has 0 fully saturated rings. The lowest BCUT2D eigenvalue weighted by Crippen LogP contribution is -2.25. The molecule has 1 N–H and O–H groups in total. The number of esters is 1. The van der Waals surface area contributed by atoms with Gasteiger partial charge in [0, 0.05) is 16.7 Å². The summed E-state index contributed by atoms with van der Waals surface area (Å²) in [5, 5.41) is 3.19. The van der Waals surface area contributed by atoms with Crippen LogP contribution in [0.2, 0.25) is 0 Å². The number of nitrogens with one attached hydrogen (secondary N) is 1. The zero-order chi connectivity index (χ0) is 14.5. The maximum Gasteiger partial charge on any atom is 0.334 e. The first kappa shape index (κ1) is 14.6. The second-order valence-electron chi connectivity index (χ2n) is 4.18. The Labute approximate surface area is 126 Å². The molecule has 106 valence electrons. The molecule has 1 heterocycles.